The van der Waals surface area contributed by atoms with Gasteiger partial charge in [-0.25, -0.2) is 4.98 Å². The Morgan fingerprint density at radius 2 is 2.21 bits per heavy atom. The minimum absolute atomic E-state index is 0.0428. The molecule has 0 aliphatic heterocycles. The van der Waals surface area contributed by atoms with Crippen LogP contribution < -0.4 is 5.73 Å². The molecule has 6 heteroatoms. The Bertz CT molecular complexity index is 461. The van der Waals surface area contributed by atoms with Crippen LogP contribution in [0.1, 0.15) is 21.0 Å². The van der Waals surface area contributed by atoms with Gasteiger partial charge in [0.1, 0.15) is 11.4 Å². The van der Waals surface area contributed by atoms with E-state index in [0.717, 1.165) is 6.08 Å². The predicted molar refractivity (Wildman–Crippen MR) is 51.3 cm³/mol. The molecule has 1 aromatic rings. The highest BCUT2D eigenvalue weighted by atomic mass is 32.2. The Morgan fingerprint density at radius 3 is 2.86 bits per heavy atom. The number of nitrogens with two attached hydrogens (primary N) is 1. The molecule has 5 nitrogen and oxygen atoms in total. The summed E-state index contributed by atoms with van der Waals surface area (Å²) in [5, 5.41) is 0.541. The zero-order chi connectivity index (χ0) is 10.3. The Morgan fingerprint density at radius 1 is 1.50 bits per heavy atom. The van der Waals surface area contributed by atoms with E-state index in [1.165, 1.54) is 11.8 Å². The number of hydrogen-bond acceptors (Lipinski definition) is 5. The van der Waals surface area contributed by atoms with Crippen molar-refractivity contribution in [3.63, 3.8) is 0 Å². The Labute approximate surface area is 83.8 Å². The second-order valence-electron chi connectivity index (χ2n) is 2.76. The molecular weight excluding hydrogens is 202 g/mol. The van der Waals surface area contributed by atoms with E-state index in [0.29, 0.717) is 5.16 Å². The highest BCUT2D eigenvalue weighted by Gasteiger charge is 2.27. The van der Waals surface area contributed by atoms with E-state index in [1.807, 2.05) is 0 Å². The first-order chi connectivity index (χ1) is 6.63. The summed E-state index contributed by atoms with van der Waals surface area (Å²) in [6.07, 6.45) is 2.91. The van der Waals surface area contributed by atoms with Crippen LogP contribution in [-0.4, -0.2) is 27.8 Å². The molecule has 0 atom stereocenters. The molecule has 3 N–H and O–H groups in total. The molecule has 1 aliphatic rings. The summed E-state index contributed by atoms with van der Waals surface area (Å²) in [6.45, 7) is 0. The third kappa shape index (κ3) is 1.15. The standard InChI is InChI=1S/C8H7N3O2S/c1-14-8-10-5-4(12)2-3(9)7(13)6(5)11-8/h2H,9H2,1H3,(H,10,11). The van der Waals surface area contributed by atoms with Crippen LogP contribution in [0.5, 0.6) is 0 Å². The Kier molecular flexibility index (Phi) is 1.92. The molecule has 0 aromatic carbocycles. The van der Waals surface area contributed by atoms with E-state index >= 15 is 0 Å². The minimum Gasteiger partial charge on any atom is -0.395 e. The average Bonchev–Trinajstić information content (AvgIpc) is 2.58. The molecule has 0 saturated heterocycles. The highest BCUT2D eigenvalue weighted by molar-refractivity contribution is 7.98. The molecule has 1 heterocycles. The number of hydrogen-bond donors (Lipinski definition) is 2. The third-order valence-corrected chi connectivity index (χ3v) is 2.46. The molecular formula is C8H7N3O2S. The molecule has 2 rings (SSSR count). The smallest absolute Gasteiger partial charge is 0.227 e. The number of nitrogens with one attached hydrogen (secondary N) is 1. The maximum atomic E-state index is 11.5. The number of thioether (sulfide) groups is 1. The van der Waals surface area contributed by atoms with Crippen molar-refractivity contribution in [2.24, 2.45) is 5.73 Å². The number of aromatic nitrogens is 2. The van der Waals surface area contributed by atoms with Crippen molar-refractivity contribution in [1.29, 1.82) is 0 Å². The quantitative estimate of drug-likeness (QED) is 0.651. The van der Waals surface area contributed by atoms with Gasteiger partial charge in [-0.05, 0) is 6.26 Å². The zero-order valence-corrected chi connectivity index (χ0v) is 8.14. The van der Waals surface area contributed by atoms with E-state index in [1.54, 1.807) is 6.26 Å². The maximum Gasteiger partial charge on any atom is 0.227 e. The van der Waals surface area contributed by atoms with Gasteiger partial charge in [-0.3, -0.25) is 9.59 Å². The number of carbonyl (C=O) groups is 2. The lowest BCUT2D eigenvalue weighted by molar-refractivity contribution is 0.0978. The summed E-state index contributed by atoms with van der Waals surface area (Å²) in [5.41, 5.74) is 5.68. The van der Waals surface area contributed by atoms with Crippen molar-refractivity contribution in [1.82, 2.24) is 9.97 Å². The lowest BCUT2D eigenvalue weighted by Gasteiger charge is -2.04. The molecule has 72 valence electrons. The van der Waals surface area contributed by atoms with Gasteiger partial charge in [-0.2, -0.15) is 0 Å². The van der Waals surface area contributed by atoms with Crippen molar-refractivity contribution in [3.8, 4) is 0 Å². The number of Topliss-reactive ketones (excluding diaryl/α,β-unsaturated/α-hetero) is 1. The number of imidazole rings is 1. The summed E-state index contributed by atoms with van der Waals surface area (Å²) < 4.78 is 0. The number of ketones is 2. The third-order valence-electron chi connectivity index (χ3n) is 1.88. The summed E-state index contributed by atoms with van der Waals surface area (Å²) in [5.74, 6) is -0.693. The summed E-state index contributed by atoms with van der Waals surface area (Å²) in [7, 11) is 0. The molecule has 0 bridgehead atoms. The second kappa shape index (κ2) is 2.98. The van der Waals surface area contributed by atoms with E-state index in [4.69, 9.17) is 5.73 Å². The van der Waals surface area contributed by atoms with Crippen LogP contribution in [0, 0.1) is 0 Å². The van der Waals surface area contributed by atoms with Gasteiger partial charge in [0.15, 0.2) is 5.16 Å². The number of H-pyrrole nitrogens is 1. The van der Waals surface area contributed by atoms with Crippen molar-refractivity contribution in [2.75, 3.05) is 6.26 Å². The molecule has 0 radical (unpaired) electrons. The lowest BCUT2D eigenvalue weighted by Crippen LogP contribution is -2.21. The molecule has 0 fully saturated rings. The number of aromatic amines is 1. The molecule has 0 amide bonds. The number of fused-ring (bicyclic) bond motifs is 1. The minimum atomic E-state index is -0.368. The van der Waals surface area contributed by atoms with Crippen LogP contribution >= 0.6 is 11.8 Å². The molecule has 1 aliphatic carbocycles. The number of nitrogens with zero attached hydrogens (tertiary/aromatic N) is 1. The van der Waals surface area contributed by atoms with Gasteiger partial charge in [0.05, 0.1) is 5.70 Å². The van der Waals surface area contributed by atoms with Gasteiger partial charge in [0, 0.05) is 6.08 Å². The van der Waals surface area contributed by atoms with Crippen LogP contribution in [0.25, 0.3) is 0 Å². The van der Waals surface area contributed by atoms with Crippen LogP contribution in [0.3, 0.4) is 0 Å². The van der Waals surface area contributed by atoms with E-state index in [-0.39, 0.29) is 28.7 Å². The monoisotopic (exact) mass is 209 g/mol. The average molecular weight is 209 g/mol. The van der Waals surface area contributed by atoms with Crippen molar-refractivity contribution in [3.05, 3.63) is 23.2 Å². The van der Waals surface area contributed by atoms with E-state index in [2.05, 4.69) is 9.97 Å². The lowest BCUT2D eigenvalue weighted by atomic mass is 10.0. The first-order valence-electron chi connectivity index (χ1n) is 3.83. The van der Waals surface area contributed by atoms with Gasteiger partial charge in [-0.1, -0.05) is 11.8 Å². The largest absolute Gasteiger partial charge is 0.395 e. The molecule has 0 unspecified atom stereocenters. The fourth-order valence-electron chi connectivity index (χ4n) is 1.21. The summed E-state index contributed by atoms with van der Waals surface area (Å²) >= 11 is 1.33. The molecule has 1 aromatic heterocycles. The number of rotatable bonds is 1. The van der Waals surface area contributed by atoms with Crippen LogP contribution in [-0.2, 0) is 0 Å². The zero-order valence-electron chi connectivity index (χ0n) is 7.33. The van der Waals surface area contributed by atoms with Gasteiger partial charge in [0.2, 0.25) is 11.6 Å². The summed E-state index contributed by atoms with van der Waals surface area (Å²) in [4.78, 5) is 29.6. The van der Waals surface area contributed by atoms with Gasteiger partial charge >= 0.3 is 0 Å². The number of allylic oxidation sites excluding steroid dienone is 2. The summed E-state index contributed by atoms with van der Waals surface area (Å²) in [6, 6.07) is 0. The van der Waals surface area contributed by atoms with Gasteiger partial charge < -0.3 is 10.7 Å². The number of carbonyl (C=O) groups excluding carboxylic acids is 2. The van der Waals surface area contributed by atoms with Crippen molar-refractivity contribution >= 4 is 23.3 Å². The Hall–Kier alpha value is -1.56. The highest BCUT2D eigenvalue weighted by Crippen LogP contribution is 2.20. The molecule has 0 saturated carbocycles. The second-order valence-corrected chi connectivity index (χ2v) is 3.56. The first-order valence-corrected chi connectivity index (χ1v) is 5.06. The predicted octanol–water partition coefficient (Wildman–Crippen LogP) is 0.353. The van der Waals surface area contributed by atoms with Crippen LogP contribution in [0.15, 0.2) is 16.9 Å². The fraction of sp³-hybridized carbons (Fsp3) is 0.125. The van der Waals surface area contributed by atoms with Crippen LogP contribution in [0.2, 0.25) is 0 Å². The normalized spacial score (nSPS) is 15.4. The van der Waals surface area contributed by atoms with Crippen molar-refractivity contribution < 1.29 is 9.59 Å². The molecule has 14 heavy (non-hydrogen) atoms. The van der Waals surface area contributed by atoms with Crippen molar-refractivity contribution in [2.45, 2.75) is 5.16 Å². The van der Waals surface area contributed by atoms with E-state index in [9.17, 15) is 9.59 Å². The van der Waals surface area contributed by atoms with Gasteiger partial charge in [0.25, 0.3) is 0 Å². The van der Waals surface area contributed by atoms with Crippen LogP contribution in [0.4, 0.5) is 0 Å². The van der Waals surface area contributed by atoms with E-state index < -0.39 is 0 Å². The maximum absolute atomic E-state index is 11.5. The van der Waals surface area contributed by atoms with Gasteiger partial charge in [-0.15, -0.1) is 0 Å². The topological polar surface area (TPSA) is 88.8 Å². The first kappa shape index (κ1) is 9.01. The molecule has 0 spiro atoms. The fourth-order valence-corrected chi connectivity index (χ4v) is 1.60. The SMILES string of the molecule is CSc1nc2c([nH]1)C(=O)C(N)=CC2=O. The Balaban J connectivity index is 2.59.